The van der Waals surface area contributed by atoms with E-state index >= 15 is 0 Å². The fraction of sp³-hybridized carbons (Fsp3) is 0.571. The molecule has 1 aliphatic rings. The molecule has 2 rings (SSSR count). The fourth-order valence-electron chi connectivity index (χ4n) is 2.39. The van der Waals surface area contributed by atoms with Crippen molar-refractivity contribution >= 4 is 5.78 Å². The summed E-state index contributed by atoms with van der Waals surface area (Å²) in [6, 6.07) is 0. The number of aryl methyl sites for hydroxylation is 2. The van der Waals surface area contributed by atoms with E-state index in [1.165, 1.54) is 19.3 Å². The van der Waals surface area contributed by atoms with Gasteiger partial charge in [-0.15, -0.1) is 0 Å². The van der Waals surface area contributed by atoms with Crippen molar-refractivity contribution in [3.63, 3.8) is 0 Å². The maximum atomic E-state index is 12.4. The summed E-state index contributed by atoms with van der Waals surface area (Å²) in [6.45, 7) is 1.90. The first-order valence-corrected chi connectivity index (χ1v) is 6.42. The van der Waals surface area contributed by atoms with Gasteiger partial charge in [0, 0.05) is 13.2 Å². The van der Waals surface area contributed by atoms with Crippen LogP contribution in [0.1, 0.15) is 54.6 Å². The van der Waals surface area contributed by atoms with E-state index in [9.17, 15) is 4.79 Å². The highest BCUT2D eigenvalue weighted by Gasteiger charge is 2.17. The van der Waals surface area contributed by atoms with Crippen molar-refractivity contribution in [3.05, 3.63) is 29.1 Å². The van der Waals surface area contributed by atoms with Crippen LogP contribution in [-0.2, 0) is 7.05 Å². The summed E-state index contributed by atoms with van der Waals surface area (Å²) < 4.78 is 1.71. The summed E-state index contributed by atoms with van der Waals surface area (Å²) in [5, 5.41) is 4.24. The van der Waals surface area contributed by atoms with Gasteiger partial charge in [0.2, 0.25) is 0 Å². The topological polar surface area (TPSA) is 34.9 Å². The molecule has 3 nitrogen and oxygen atoms in total. The van der Waals surface area contributed by atoms with E-state index in [1.807, 2.05) is 20.2 Å². The summed E-state index contributed by atoms with van der Waals surface area (Å²) in [5.41, 5.74) is 2.58. The zero-order valence-corrected chi connectivity index (χ0v) is 10.7. The molecule has 0 unspecified atom stereocenters. The van der Waals surface area contributed by atoms with Crippen molar-refractivity contribution in [1.82, 2.24) is 9.78 Å². The van der Waals surface area contributed by atoms with Gasteiger partial charge >= 0.3 is 0 Å². The van der Waals surface area contributed by atoms with Gasteiger partial charge < -0.3 is 0 Å². The number of carbonyl (C=O) groups is 1. The van der Waals surface area contributed by atoms with Crippen LogP contribution in [0.25, 0.3) is 0 Å². The van der Waals surface area contributed by atoms with Crippen LogP contribution in [0.15, 0.2) is 17.8 Å². The van der Waals surface area contributed by atoms with E-state index in [0.717, 1.165) is 36.1 Å². The number of nitrogens with zero attached hydrogens (tertiary/aromatic N) is 2. The van der Waals surface area contributed by atoms with Gasteiger partial charge in [-0.25, -0.2) is 0 Å². The third-order valence-corrected chi connectivity index (χ3v) is 3.34. The summed E-state index contributed by atoms with van der Waals surface area (Å²) in [6.07, 6.45) is 10.8. The Kier molecular flexibility index (Phi) is 3.77. The second-order valence-corrected chi connectivity index (χ2v) is 4.81. The van der Waals surface area contributed by atoms with Gasteiger partial charge in [0.15, 0.2) is 5.78 Å². The number of hydrogen-bond acceptors (Lipinski definition) is 2. The minimum atomic E-state index is 0.178. The molecule has 1 aromatic rings. The van der Waals surface area contributed by atoms with Crippen LogP contribution in [0.5, 0.6) is 0 Å². The van der Waals surface area contributed by atoms with Crippen LogP contribution in [0.2, 0.25) is 0 Å². The number of rotatable bonds is 2. The van der Waals surface area contributed by atoms with Crippen LogP contribution in [0.4, 0.5) is 0 Å². The maximum Gasteiger partial charge on any atom is 0.192 e. The number of Topliss-reactive ketones (excluding diaryl/α,β-unsaturated/α-hetero) is 1. The molecule has 1 aliphatic carbocycles. The van der Waals surface area contributed by atoms with Crippen molar-refractivity contribution in [2.75, 3.05) is 0 Å². The van der Waals surface area contributed by atoms with Crippen molar-refractivity contribution in [1.29, 1.82) is 0 Å². The average Bonchev–Trinajstić information content (AvgIpc) is 2.56. The first-order valence-electron chi connectivity index (χ1n) is 6.42. The molecule has 17 heavy (non-hydrogen) atoms. The Hall–Kier alpha value is -1.38. The fourth-order valence-corrected chi connectivity index (χ4v) is 2.39. The molecule has 3 heteroatoms. The largest absolute Gasteiger partial charge is 0.289 e. The molecule has 92 valence electrons. The van der Waals surface area contributed by atoms with Crippen LogP contribution in [0, 0.1) is 6.92 Å². The summed E-state index contributed by atoms with van der Waals surface area (Å²) >= 11 is 0. The lowest BCUT2D eigenvalue weighted by Gasteiger charge is -2.09. The van der Waals surface area contributed by atoms with Crippen LogP contribution < -0.4 is 0 Å². The number of carbonyl (C=O) groups excluding carboxylic acids is 1. The van der Waals surface area contributed by atoms with Crippen molar-refractivity contribution < 1.29 is 4.79 Å². The molecule has 0 radical (unpaired) electrons. The molecular formula is C14H20N2O. The Labute approximate surface area is 103 Å². The van der Waals surface area contributed by atoms with Crippen molar-refractivity contribution in [2.24, 2.45) is 7.05 Å². The first kappa shape index (κ1) is 12.1. The molecule has 0 atom stereocenters. The smallest absolute Gasteiger partial charge is 0.192 e. The molecule has 0 saturated carbocycles. The predicted molar refractivity (Wildman–Crippen MR) is 68.1 cm³/mol. The molecule has 0 aromatic carbocycles. The molecule has 0 spiro atoms. The van der Waals surface area contributed by atoms with Crippen LogP contribution in [0.3, 0.4) is 0 Å². The third-order valence-electron chi connectivity index (χ3n) is 3.34. The quantitative estimate of drug-likeness (QED) is 0.734. The van der Waals surface area contributed by atoms with E-state index in [0.29, 0.717) is 0 Å². The van der Waals surface area contributed by atoms with Gasteiger partial charge in [-0.1, -0.05) is 18.9 Å². The lowest BCUT2D eigenvalue weighted by Crippen LogP contribution is -2.05. The van der Waals surface area contributed by atoms with Gasteiger partial charge in [0.25, 0.3) is 0 Å². The molecule has 0 aliphatic heterocycles. The van der Waals surface area contributed by atoms with Gasteiger partial charge in [-0.05, 0) is 38.2 Å². The van der Waals surface area contributed by atoms with E-state index < -0.39 is 0 Å². The molecule has 0 fully saturated rings. The molecule has 0 N–H and O–H groups in total. The van der Waals surface area contributed by atoms with E-state index in [2.05, 4.69) is 11.2 Å². The number of ketones is 1. The Balaban J connectivity index is 2.20. The Bertz CT molecular complexity index is 443. The minimum absolute atomic E-state index is 0.178. The molecule has 1 aromatic heterocycles. The van der Waals surface area contributed by atoms with Crippen molar-refractivity contribution in [2.45, 2.75) is 45.4 Å². The number of allylic oxidation sites excluding steroid dienone is 2. The number of hydrogen-bond donors (Lipinski definition) is 0. The van der Waals surface area contributed by atoms with E-state index in [-0.39, 0.29) is 5.78 Å². The van der Waals surface area contributed by atoms with Crippen LogP contribution >= 0.6 is 0 Å². The van der Waals surface area contributed by atoms with Gasteiger partial charge in [0.1, 0.15) is 0 Å². The molecule has 1 heterocycles. The minimum Gasteiger partial charge on any atom is -0.289 e. The van der Waals surface area contributed by atoms with Gasteiger partial charge in [-0.3, -0.25) is 9.48 Å². The normalized spacial score (nSPS) is 20.2. The standard InChI is InChI=1S/C14H20N2O/c1-11-13(10-16(2)15-11)14(17)12-8-6-4-3-5-7-9-12/h8,10H,3-7,9H2,1-2H3/b12-8+. The molecule has 0 saturated heterocycles. The highest BCUT2D eigenvalue weighted by molar-refractivity contribution is 6.09. The summed E-state index contributed by atoms with van der Waals surface area (Å²) in [5.74, 6) is 0.178. The summed E-state index contributed by atoms with van der Waals surface area (Å²) in [4.78, 5) is 12.4. The average molecular weight is 232 g/mol. The molecular weight excluding hydrogens is 212 g/mol. The maximum absolute atomic E-state index is 12.4. The zero-order chi connectivity index (χ0) is 12.3. The van der Waals surface area contributed by atoms with Crippen LogP contribution in [-0.4, -0.2) is 15.6 Å². The second-order valence-electron chi connectivity index (χ2n) is 4.81. The lowest BCUT2D eigenvalue weighted by atomic mass is 9.94. The lowest BCUT2D eigenvalue weighted by molar-refractivity contribution is 0.102. The Morgan fingerprint density at radius 3 is 2.76 bits per heavy atom. The Morgan fingerprint density at radius 2 is 2.06 bits per heavy atom. The SMILES string of the molecule is Cc1nn(C)cc1C(=O)/C1=C/CCCCCC1. The van der Waals surface area contributed by atoms with E-state index in [4.69, 9.17) is 0 Å². The van der Waals surface area contributed by atoms with Gasteiger partial charge in [-0.2, -0.15) is 5.10 Å². The van der Waals surface area contributed by atoms with Gasteiger partial charge in [0.05, 0.1) is 11.3 Å². The Morgan fingerprint density at radius 1 is 1.29 bits per heavy atom. The summed E-state index contributed by atoms with van der Waals surface area (Å²) in [7, 11) is 1.86. The zero-order valence-electron chi connectivity index (χ0n) is 10.7. The van der Waals surface area contributed by atoms with E-state index in [1.54, 1.807) is 4.68 Å². The third kappa shape index (κ3) is 2.84. The molecule has 0 bridgehead atoms. The predicted octanol–water partition coefficient (Wildman–Crippen LogP) is 3.19. The number of aromatic nitrogens is 2. The second kappa shape index (κ2) is 5.30. The molecule has 0 amide bonds. The monoisotopic (exact) mass is 232 g/mol. The highest BCUT2D eigenvalue weighted by Crippen LogP contribution is 2.21. The first-order chi connectivity index (χ1) is 8.18. The highest BCUT2D eigenvalue weighted by atomic mass is 16.1. The van der Waals surface area contributed by atoms with Crippen molar-refractivity contribution in [3.8, 4) is 0 Å².